The molecule has 0 spiro atoms. The Hall–Kier alpha value is -2.77. The quantitative estimate of drug-likeness (QED) is 0.553. The number of carbonyl (C=O) groups is 1. The lowest BCUT2D eigenvalue weighted by molar-refractivity contribution is -0.138. The Morgan fingerprint density at radius 1 is 1.18 bits per heavy atom. The van der Waals surface area contributed by atoms with Crippen LogP contribution in [0, 0.1) is 11.8 Å². The smallest absolute Gasteiger partial charge is 0.417 e. The Morgan fingerprint density at radius 3 is 2.45 bits per heavy atom. The predicted molar refractivity (Wildman–Crippen MR) is 122 cm³/mol. The minimum Gasteiger partial charge on any atom is -0.461 e. The fraction of sp³-hybridized carbons (Fsp3) is 0.520. The van der Waals surface area contributed by atoms with Gasteiger partial charge in [0.2, 0.25) is 5.88 Å². The summed E-state index contributed by atoms with van der Waals surface area (Å²) in [5.41, 5.74) is 5.93. The molecule has 2 aromatic rings. The van der Waals surface area contributed by atoms with E-state index >= 15 is 0 Å². The Labute approximate surface area is 193 Å². The number of ether oxygens (including phenoxy) is 1. The van der Waals surface area contributed by atoms with Gasteiger partial charge in [0.05, 0.1) is 5.56 Å². The molecule has 1 aromatic heterocycles. The van der Waals surface area contributed by atoms with Gasteiger partial charge in [0.15, 0.2) is 5.60 Å². The van der Waals surface area contributed by atoms with Crippen molar-refractivity contribution in [1.82, 2.24) is 4.98 Å². The number of benzene rings is 1. The zero-order valence-corrected chi connectivity index (χ0v) is 19.5. The molecule has 2 heterocycles. The van der Waals surface area contributed by atoms with E-state index in [0.29, 0.717) is 18.5 Å². The van der Waals surface area contributed by atoms with E-state index in [1.165, 1.54) is 11.3 Å². The summed E-state index contributed by atoms with van der Waals surface area (Å²) in [6.07, 6.45) is -1.60. The number of amides is 1. The van der Waals surface area contributed by atoms with Gasteiger partial charge in [-0.1, -0.05) is 39.0 Å². The molecule has 0 fully saturated rings. The number of aromatic nitrogens is 1. The molecule has 1 aromatic carbocycles. The van der Waals surface area contributed by atoms with Gasteiger partial charge in [0.25, 0.3) is 5.91 Å². The van der Waals surface area contributed by atoms with E-state index in [4.69, 9.17) is 10.5 Å². The molecule has 0 aliphatic carbocycles. The van der Waals surface area contributed by atoms with Crippen LogP contribution in [-0.4, -0.2) is 29.1 Å². The average molecular weight is 464 g/mol. The standard InChI is InChI=1S/C25H32F3N3O2/c1-16(2)13-21(31-12-11-18-7-5-6-8-20(18)31)17(3)14-24(4,23(29)32)33-22-10-9-19(15-30-22)25(26,27)28/h5-10,15-17,21H,11-14H2,1-4H3,(H2,29,32). The van der Waals surface area contributed by atoms with Gasteiger partial charge < -0.3 is 15.4 Å². The lowest BCUT2D eigenvalue weighted by atomic mass is 9.83. The summed E-state index contributed by atoms with van der Waals surface area (Å²) in [5.74, 6) is -0.294. The monoisotopic (exact) mass is 463 g/mol. The van der Waals surface area contributed by atoms with Crippen molar-refractivity contribution < 1.29 is 22.7 Å². The van der Waals surface area contributed by atoms with Crippen molar-refractivity contribution in [2.75, 3.05) is 11.4 Å². The van der Waals surface area contributed by atoms with Gasteiger partial charge in [0, 0.05) is 37.0 Å². The molecule has 3 rings (SSSR count). The molecule has 3 atom stereocenters. The lowest BCUT2D eigenvalue weighted by Gasteiger charge is -2.39. The van der Waals surface area contributed by atoms with Gasteiger partial charge >= 0.3 is 6.18 Å². The number of fused-ring (bicyclic) bond motifs is 1. The second-order valence-electron chi connectivity index (χ2n) is 9.53. The Kier molecular flexibility index (Phi) is 7.24. The van der Waals surface area contributed by atoms with E-state index in [-0.39, 0.29) is 17.8 Å². The van der Waals surface area contributed by atoms with E-state index in [0.717, 1.165) is 31.5 Å². The molecule has 1 aliphatic heterocycles. The van der Waals surface area contributed by atoms with Gasteiger partial charge in [-0.2, -0.15) is 13.2 Å². The van der Waals surface area contributed by atoms with Crippen LogP contribution < -0.4 is 15.4 Å². The first kappa shape index (κ1) is 24.9. The number of primary amides is 1. The zero-order valence-electron chi connectivity index (χ0n) is 19.5. The van der Waals surface area contributed by atoms with E-state index in [1.807, 2.05) is 12.1 Å². The molecular formula is C25H32F3N3O2. The molecule has 3 unspecified atom stereocenters. The molecule has 2 N–H and O–H groups in total. The highest BCUT2D eigenvalue weighted by Crippen LogP contribution is 2.37. The highest BCUT2D eigenvalue weighted by molar-refractivity contribution is 5.83. The maximum absolute atomic E-state index is 12.8. The SMILES string of the molecule is CC(C)CC(C(C)CC(C)(Oc1ccc(C(F)(F)F)cn1)C(N)=O)N1CCc2ccccc21. The minimum atomic E-state index is -4.50. The molecule has 0 saturated carbocycles. The van der Waals surface area contributed by atoms with Gasteiger partial charge in [-0.3, -0.25) is 4.79 Å². The summed E-state index contributed by atoms with van der Waals surface area (Å²) in [4.78, 5) is 18.6. The van der Waals surface area contributed by atoms with Crippen molar-refractivity contribution in [2.24, 2.45) is 17.6 Å². The lowest BCUT2D eigenvalue weighted by Crippen LogP contribution is -2.50. The molecule has 33 heavy (non-hydrogen) atoms. The number of nitrogens with two attached hydrogens (primary N) is 1. The number of alkyl halides is 3. The van der Waals surface area contributed by atoms with Crippen molar-refractivity contribution in [3.05, 3.63) is 53.7 Å². The van der Waals surface area contributed by atoms with Gasteiger partial charge in [-0.15, -0.1) is 0 Å². The van der Waals surface area contributed by atoms with E-state index < -0.39 is 23.2 Å². The van der Waals surface area contributed by atoms with Gasteiger partial charge in [-0.25, -0.2) is 4.98 Å². The number of hydrogen-bond donors (Lipinski definition) is 1. The molecule has 0 radical (unpaired) electrons. The minimum absolute atomic E-state index is 0.0190. The molecule has 0 saturated heterocycles. The third kappa shape index (κ3) is 5.78. The summed E-state index contributed by atoms with van der Waals surface area (Å²) < 4.78 is 44.4. The fourth-order valence-electron chi connectivity index (χ4n) is 4.64. The van der Waals surface area contributed by atoms with Crippen LogP contribution >= 0.6 is 0 Å². The normalized spacial score (nSPS) is 17.4. The third-order valence-corrected chi connectivity index (χ3v) is 6.32. The van der Waals surface area contributed by atoms with Crippen LogP contribution in [-0.2, 0) is 17.4 Å². The fourth-order valence-corrected chi connectivity index (χ4v) is 4.64. The predicted octanol–water partition coefficient (Wildman–Crippen LogP) is 5.23. The van der Waals surface area contributed by atoms with Crippen molar-refractivity contribution >= 4 is 11.6 Å². The maximum atomic E-state index is 12.8. The van der Waals surface area contributed by atoms with Crippen molar-refractivity contribution in [1.29, 1.82) is 0 Å². The van der Waals surface area contributed by atoms with Crippen LogP contribution in [0.15, 0.2) is 42.6 Å². The molecular weight excluding hydrogens is 431 g/mol. The molecule has 1 amide bonds. The highest BCUT2D eigenvalue weighted by Gasteiger charge is 2.40. The largest absolute Gasteiger partial charge is 0.461 e. The molecule has 8 heteroatoms. The molecule has 0 bridgehead atoms. The number of hydrogen-bond acceptors (Lipinski definition) is 4. The number of carbonyl (C=O) groups excluding carboxylic acids is 1. The Balaban J connectivity index is 1.82. The summed E-state index contributed by atoms with van der Waals surface area (Å²) in [7, 11) is 0. The van der Waals surface area contributed by atoms with E-state index in [2.05, 4.69) is 42.8 Å². The Morgan fingerprint density at radius 2 is 1.88 bits per heavy atom. The van der Waals surface area contributed by atoms with Crippen LogP contribution in [0.1, 0.15) is 51.7 Å². The first-order chi connectivity index (χ1) is 15.4. The maximum Gasteiger partial charge on any atom is 0.417 e. The van der Waals surface area contributed by atoms with Crippen LogP contribution in [0.4, 0.5) is 18.9 Å². The third-order valence-electron chi connectivity index (χ3n) is 6.32. The topological polar surface area (TPSA) is 68.5 Å². The number of anilines is 1. The highest BCUT2D eigenvalue weighted by atomic mass is 19.4. The summed E-state index contributed by atoms with van der Waals surface area (Å²) >= 11 is 0. The number of para-hydroxylation sites is 1. The van der Waals surface area contributed by atoms with Crippen molar-refractivity contribution in [2.45, 2.75) is 64.8 Å². The first-order valence-electron chi connectivity index (χ1n) is 11.3. The number of pyridine rings is 1. The second kappa shape index (κ2) is 9.61. The van der Waals surface area contributed by atoms with Crippen molar-refractivity contribution in [3.63, 3.8) is 0 Å². The van der Waals surface area contributed by atoms with Crippen LogP contribution in [0.5, 0.6) is 5.88 Å². The molecule has 1 aliphatic rings. The second-order valence-corrected chi connectivity index (χ2v) is 9.53. The number of nitrogens with zero attached hydrogens (tertiary/aromatic N) is 2. The number of halogens is 3. The Bertz CT molecular complexity index is 962. The summed E-state index contributed by atoms with van der Waals surface area (Å²) in [6.45, 7) is 8.87. The average Bonchev–Trinajstić information content (AvgIpc) is 3.15. The van der Waals surface area contributed by atoms with Gasteiger partial charge in [-0.05, 0) is 49.3 Å². The van der Waals surface area contributed by atoms with Crippen LogP contribution in [0.2, 0.25) is 0 Å². The summed E-state index contributed by atoms with van der Waals surface area (Å²) in [5, 5.41) is 0. The first-order valence-corrected chi connectivity index (χ1v) is 11.3. The van der Waals surface area contributed by atoms with Crippen LogP contribution in [0.25, 0.3) is 0 Å². The molecule has 180 valence electrons. The molecule has 5 nitrogen and oxygen atoms in total. The zero-order chi connectivity index (χ0) is 24.4. The van der Waals surface area contributed by atoms with Crippen LogP contribution in [0.3, 0.4) is 0 Å². The number of rotatable bonds is 9. The van der Waals surface area contributed by atoms with E-state index in [1.54, 1.807) is 6.92 Å². The summed E-state index contributed by atoms with van der Waals surface area (Å²) in [6, 6.07) is 10.5. The van der Waals surface area contributed by atoms with E-state index in [9.17, 15) is 18.0 Å². The van der Waals surface area contributed by atoms with Crippen molar-refractivity contribution in [3.8, 4) is 5.88 Å². The van der Waals surface area contributed by atoms with Gasteiger partial charge in [0.1, 0.15) is 0 Å².